The quantitative estimate of drug-likeness (QED) is 0.0780. The summed E-state index contributed by atoms with van der Waals surface area (Å²) >= 11 is 1.25. The average molecular weight is 859 g/mol. The second-order valence-corrected chi connectivity index (χ2v) is 14.5. The Morgan fingerprint density at radius 1 is 0.806 bits per heavy atom. The van der Waals surface area contributed by atoms with E-state index in [1.165, 1.54) is 49.3 Å². The van der Waals surface area contributed by atoms with E-state index < -0.39 is 11.7 Å². The number of thiophene rings is 1. The van der Waals surface area contributed by atoms with Gasteiger partial charge in [0.05, 0.1) is 53.0 Å². The van der Waals surface area contributed by atoms with Crippen LogP contribution in [0.25, 0.3) is 43.6 Å². The van der Waals surface area contributed by atoms with Gasteiger partial charge in [-0.25, -0.2) is 28.7 Å². The summed E-state index contributed by atoms with van der Waals surface area (Å²) in [6.07, 6.45) is 4.73. The number of ether oxygens (including phenoxy) is 3. The van der Waals surface area contributed by atoms with Gasteiger partial charge in [0, 0.05) is 60.8 Å². The van der Waals surface area contributed by atoms with Gasteiger partial charge in [-0.15, -0.1) is 11.3 Å². The number of anilines is 2. The van der Waals surface area contributed by atoms with E-state index in [1.54, 1.807) is 60.2 Å². The molecule has 0 bridgehead atoms. The summed E-state index contributed by atoms with van der Waals surface area (Å²) in [4.78, 5) is 29.5. The summed E-state index contributed by atoms with van der Waals surface area (Å²) in [6.45, 7) is 4.11. The Labute approximate surface area is 358 Å². The van der Waals surface area contributed by atoms with Crippen molar-refractivity contribution in [2.75, 3.05) is 44.5 Å². The first-order valence-electron chi connectivity index (χ1n) is 19.2. The van der Waals surface area contributed by atoms with Crippen LogP contribution in [0.4, 0.5) is 20.4 Å². The second kappa shape index (κ2) is 19.1. The number of primary amides is 1. The molecule has 15 nitrogen and oxygen atoms in total. The number of carbonyl (C=O) groups is 1. The third-order valence-corrected chi connectivity index (χ3v) is 10.8. The molecule has 3 aromatic carbocycles. The van der Waals surface area contributed by atoms with Crippen molar-refractivity contribution < 1.29 is 32.9 Å². The zero-order valence-electron chi connectivity index (χ0n) is 33.7. The van der Waals surface area contributed by atoms with Crippen LogP contribution < -0.4 is 30.6 Å². The minimum Gasteiger partial charge on any atom is -0.504 e. The van der Waals surface area contributed by atoms with Crippen molar-refractivity contribution in [2.24, 2.45) is 5.73 Å². The number of benzene rings is 3. The molecule has 0 aliphatic heterocycles. The number of nitriles is 1. The van der Waals surface area contributed by atoms with Crippen LogP contribution in [-0.2, 0) is 13.1 Å². The number of aromatic hydroxyl groups is 1. The Kier molecular flexibility index (Phi) is 13.0. The van der Waals surface area contributed by atoms with Crippen LogP contribution in [0.15, 0.2) is 97.7 Å². The van der Waals surface area contributed by atoms with Crippen molar-refractivity contribution >= 4 is 50.7 Å². The van der Waals surface area contributed by atoms with Crippen molar-refractivity contribution in [3.8, 4) is 50.9 Å². The molecule has 0 spiro atoms. The molecule has 0 saturated carbocycles. The van der Waals surface area contributed by atoms with Gasteiger partial charge in [0.25, 0.3) is 5.91 Å². The highest BCUT2D eigenvalue weighted by molar-refractivity contribution is 7.17. The normalized spacial score (nSPS) is 10.8. The lowest BCUT2D eigenvalue weighted by Crippen LogP contribution is -2.13. The van der Waals surface area contributed by atoms with Crippen LogP contribution >= 0.6 is 11.3 Å². The summed E-state index contributed by atoms with van der Waals surface area (Å²) < 4.78 is 48.4. The van der Waals surface area contributed by atoms with Crippen molar-refractivity contribution in [3.05, 3.63) is 120 Å². The van der Waals surface area contributed by atoms with Crippen LogP contribution in [0.1, 0.15) is 22.3 Å². The number of nitrogens with zero attached hydrogens (tertiary/aromatic N) is 7. The number of methoxy groups -OCH3 is 2. The number of halogens is 2. The maximum absolute atomic E-state index is 14.5. The number of phenolic OH excluding ortho intramolecular Hbond substituents is 1. The first-order chi connectivity index (χ1) is 30.1. The predicted molar refractivity (Wildman–Crippen MR) is 233 cm³/mol. The molecule has 18 heteroatoms. The lowest BCUT2D eigenvalue weighted by molar-refractivity contribution is 0.100. The van der Waals surface area contributed by atoms with Crippen LogP contribution in [0.3, 0.4) is 0 Å². The molecular weight excluding hydrogens is 819 g/mol. The van der Waals surface area contributed by atoms with E-state index in [1.807, 2.05) is 29.8 Å². The highest BCUT2D eigenvalue weighted by atomic mass is 32.1. The number of nitrogens with two attached hydrogens (primary N) is 1. The van der Waals surface area contributed by atoms with Gasteiger partial charge in [0.15, 0.2) is 11.5 Å². The lowest BCUT2D eigenvalue weighted by atomic mass is 10.1. The van der Waals surface area contributed by atoms with Gasteiger partial charge in [-0.1, -0.05) is 0 Å². The number of carbonyl (C=O) groups excluding carboxylic acids is 1. The molecule has 5 aromatic heterocycles. The molecular formula is C44H40F2N10O5S. The Balaban J connectivity index is 0.000000186. The average Bonchev–Trinajstić information content (AvgIpc) is 4.05. The van der Waals surface area contributed by atoms with E-state index in [0.29, 0.717) is 100 Å². The Morgan fingerprint density at radius 2 is 1.47 bits per heavy atom. The smallest absolute Gasteiger partial charge is 0.258 e. The van der Waals surface area contributed by atoms with E-state index in [2.05, 4.69) is 36.6 Å². The van der Waals surface area contributed by atoms with E-state index >= 15 is 0 Å². The molecule has 5 heterocycles. The van der Waals surface area contributed by atoms with Gasteiger partial charge < -0.3 is 44.8 Å². The molecule has 0 atom stereocenters. The van der Waals surface area contributed by atoms with Crippen molar-refractivity contribution in [3.63, 3.8) is 0 Å². The summed E-state index contributed by atoms with van der Waals surface area (Å²) in [6, 6.07) is 23.6. The second-order valence-electron chi connectivity index (χ2n) is 13.4. The van der Waals surface area contributed by atoms with Crippen molar-refractivity contribution in [1.29, 1.82) is 5.26 Å². The zero-order valence-corrected chi connectivity index (χ0v) is 34.5. The maximum atomic E-state index is 14.5. The largest absolute Gasteiger partial charge is 0.504 e. The monoisotopic (exact) mass is 858 g/mol. The number of aromatic nitrogens is 6. The fourth-order valence-corrected chi connectivity index (χ4v) is 7.61. The molecule has 0 aliphatic carbocycles. The standard InChI is InChI=1S/C23H23FN4O3.C21H17FN6O2S/c1-3-31-21-12-15(4-6-19(21)29)18-13-22(27-14-26-18)25-9-11-28-10-8-16-20(30-2)7-5-17(24)23(16)28;1-30-16-3-2-14(22)20-13(16)8-12(10-23)28(20)7-6-25-19-9-15(26-11-27-19)17-4-5-18(31-17)21(24)29/h4-8,10,12-14,29H,3,9,11H2,1-2H3,(H,25,26,27);2-5,8-9,11H,6-7H2,1H3,(H2,24,29)(H,25,26,27). The molecule has 8 rings (SSSR count). The number of phenols is 1. The molecule has 0 unspecified atom stereocenters. The summed E-state index contributed by atoms with van der Waals surface area (Å²) in [5.74, 6) is 1.64. The van der Waals surface area contributed by atoms with Gasteiger partial charge in [-0.3, -0.25) is 4.79 Å². The number of amides is 1. The molecule has 0 saturated heterocycles. The molecule has 0 radical (unpaired) electrons. The number of hydrogen-bond acceptors (Lipinski definition) is 13. The minimum absolute atomic E-state index is 0.0841. The summed E-state index contributed by atoms with van der Waals surface area (Å²) in [5, 5.41) is 27.1. The fourth-order valence-electron chi connectivity index (χ4n) is 6.79. The molecule has 8 aromatic rings. The van der Waals surface area contributed by atoms with Crippen molar-refractivity contribution in [2.45, 2.75) is 20.0 Å². The summed E-state index contributed by atoms with van der Waals surface area (Å²) in [7, 11) is 3.08. The van der Waals surface area contributed by atoms with Crippen LogP contribution in [-0.4, -0.2) is 74.0 Å². The number of hydrogen-bond donors (Lipinski definition) is 4. The van der Waals surface area contributed by atoms with Gasteiger partial charge in [-0.2, -0.15) is 5.26 Å². The lowest BCUT2D eigenvalue weighted by Gasteiger charge is -2.11. The molecule has 5 N–H and O–H groups in total. The van der Waals surface area contributed by atoms with Gasteiger partial charge in [0.2, 0.25) is 0 Å². The fraction of sp³-hybridized carbons (Fsp3) is 0.182. The topological polar surface area (TPSA) is 200 Å². The predicted octanol–water partition coefficient (Wildman–Crippen LogP) is 7.85. The third-order valence-electron chi connectivity index (χ3n) is 9.65. The van der Waals surface area contributed by atoms with E-state index in [0.717, 1.165) is 15.8 Å². The van der Waals surface area contributed by atoms with Gasteiger partial charge >= 0.3 is 0 Å². The van der Waals surface area contributed by atoms with Crippen LogP contribution in [0.5, 0.6) is 23.0 Å². The Bertz CT molecular complexity index is 2930. The van der Waals surface area contributed by atoms with E-state index in [-0.39, 0.29) is 11.6 Å². The van der Waals surface area contributed by atoms with Crippen LogP contribution in [0.2, 0.25) is 0 Å². The minimum atomic E-state index is -0.486. The Morgan fingerprint density at radius 3 is 2.13 bits per heavy atom. The molecule has 1 amide bonds. The van der Waals surface area contributed by atoms with E-state index in [9.17, 15) is 23.9 Å². The molecule has 62 heavy (non-hydrogen) atoms. The highest BCUT2D eigenvalue weighted by Crippen LogP contribution is 2.33. The number of fused-ring (bicyclic) bond motifs is 2. The highest BCUT2D eigenvalue weighted by Gasteiger charge is 2.17. The first-order valence-corrected chi connectivity index (χ1v) is 20.0. The van der Waals surface area contributed by atoms with E-state index in [4.69, 9.17) is 19.9 Å². The number of nitrogens with one attached hydrogen (secondary N) is 2. The first kappa shape index (κ1) is 42.3. The van der Waals surface area contributed by atoms with Gasteiger partial charge in [0.1, 0.15) is 59.2 Å². The maximum Gasteiger partial charge on any atom is 0.258 e. The SMILES string of the molecule is CCOc1cc(-c2cc(NCCn3ccc4c(OC)ccc(F)c43)ncn2)ccc1O.COc1ccc(F)c2c1cc(C#N)n2CCNc1cc(-c2ccc(C(N)=O)s2)ncn1. The number of rotatable bonds is 15. The van der Waals surface area contributed by atoms with Crippen molar-refractivity contribution in [1.82, 2.24) is 29.1 Å². The van der Waals surface area contributed by atoms with Gasteiger partial charge in [-0.05, 0) is 73.7 Å². The molecule has 316 valence electrons. The Hall–Kier alpha value is -7.78. The third kappa shape index (κ3) is 9.17. The zero-order chi connectivity index (χ0) is 43.8. The molecule has 0 fully saturated rings. The molecule has 0 aliphatic rings. The van der Waals surface area contributed by atoms with Crippen LogP contribution in [0, 0.1) is 23.0 Å². The summed E-state index contributed by atoms with van der Waals surface area (Å²) in [5.41, 5.74) is 8.62.